The highest BCUT2D eigenvalue weighted by atomic mass is 32.2. The number of ether oxygens (including phenoxy) is 2. The average Bonchev–Trinajstić information content (AvgIpc) is 3.44. The third kappa shape index (κ3) is 5.84. The molecule has 2 amide bonds. The zero-order chi connectivity index (χ0) is 27.2. The summed E-state index contributed by atoms with van der Waals surface area (Å²) in [7, 11) is -4.08. The highest BCUT2D eigenvalue weighted by Crippen LogP contribution is 2.36. The fourth-order valence-corrected chi connectivity index (χ4v) is 6.85. The molecule has 3 heterocycles. The fraction of sp³-hybridized carbons (Fsp3) is 0.600. The first-order valence-electron chi connectivity index (χ1n) is 12.9. The Balaban J connectivity index is 1.27. The van der Waals surface area contributed by atoms with Crippen LogP contribution in [-0.2, 0) is 30.6 Å². The van der Waals surface area contributed by atoms with Crippen LogP contribution >= 0.6 is 0 Å². The van der Waals surface area contributed by atoms with Gasteiger partial charge in [0.25, 0.3) is 5.91 Å². The molecular weight excluding hydrogens is 516 g/mol. The molecule has 2 aliphatic rings. The number of benzene rings is 1. The first-order valence-corrected chi connectivity index (χ1v) is 14.4. The number of sulfone groups is 1. The highest BCUT2D eigenvalue weighted by Gasteiger charge is 2.52. The summed E-state index contributed by atoms with van der Waals surface area (Å²) in [6, 6.07) is 5.88. The number of carbonyl (C=O) groups is 2. The Morgan fingerprint density at radius 1 is 1.16 bits per heavy atom. The van der Waals surface area contributed by atoms with Crippen molar-refractivity contribution in [2.45, 2.75) is 67.4 Å². The second-order valence-corrected chi connectivity index (χ2v) is 11.8. The van der Waals surface area contributed by atoms with Crippen molar-refractivity contribution in [3.63, 3.8) is 0 Å². The van der Waals surface area contributed by atoms with Crippen LogP contribution in [0.2, 0.25) is 0 Å². The monoisotopic (exact) mass is 550 g/mol. The van der Waals surface area contributed by atoms with Gasteiger partial charge in [0.1, 0.15) is 5.75 Å². The summed E-state index contributed by atoms with van der Waals surface area (Å²) >= 11 is 0. The minimum Gasteiger partial charge on any atom is -0.494 e. The lowest BCUT2D eigenvalue weighted by Gasteiger charge is -2.34. The standard InChI is InChI=1S/C25H34N4O8S/c1-2-22(30)29-13-9-18(10-14-29)23-27-26-21(37-23)4-3-15-36-19-5-7-20(8-6-19)38(33,34)25(24(31)28-32)11-16-35-17-12-25/h5-8,18,32H,2-4,9-17H2,1H3,(H,28,31). The summed E-state index contributed by atoms with van der Waals surface area (Å²) in [6.07, 6.45) is 3.19. The molecular formula is C25H34N4O8S. The molecule has 2 aromatic rings. The number of piperidine rings is 1. The molecule has 1 aromatic heterocycles. The van der Waals surface area contributed by atoms with Crippen LogP contribution < -0.4 is 10.2 Å². The number of rotatable bonds is 10. The molecule has 4 rings (SSSR count). The third-order valence-corrected chi connectivity index (χ3v) is 9.77. The molecule has 0 aliphatic carbocycles. The van der Waals surface area contributed by atoms with Crippen LogP contribution in [0.1, 0.15) is 63.1 Å². The van der Waals surface area contributed by atoms with E-state index >= 15 is 0 Å². The van der Waals surface area contributed by atoms with Gasteiger partial charge in [-0.05, 0) is 56.4 Å². The lowest BCUT2D eigenvalue weighted by Crippen LogP contribution is -2.54. The average molecular weight is 551 g/mol. The molecule has 13 heteroatoms. The zero-order valence-corrected chi connectivity index (χ0v) is 22.2. The van der Waals surface area contributed by atoms with Crippen LogP contribution in [0.3, 0.4) is 0 Å². The zero-order valence-electron chi connectivity index (χ0n) is 21.4. The van der Waals surface area contributed by atoms with Crippen molar-refractivity contribution in [2.24, 2.45) is 0 Å². The van der Waals surface area contributed by atoms with Crippen molar-refractivity contribution in [3.05, 3.63) is 36.0 Å². The second-order valence-electron chi connectivity index (χ2n) is 9.52. The molecule has 12 nitrogen and oxygen atoms in total. The van der Waals surface area contributed by atoms with Crippen LogP contribution in [0.15, 0.2) is 33.6 Å². The molecule has 1 aromatic carbocycles. The van der Waals surface area contributed by atoms with Crippen molar-refractivity contribution >= 4 is 21.7 Å². The van der Waals surface area contributed by atoms with Gasteiger partial charge >= 0.3 is 0 Å². The summed E-state index contributed by atoms with van der Waals surface area (Å²) < 4.78 is 41.6. The molecule has 2 aliphatic heterocycles. The largest absolute Gasteiger partial charge is 0.494 e. The molecule has 0 atom stereocenters. The topological polar surface area (TPSA) is 161 Å². The molecule has 38 heavy (non-hydrogen) atoms. The predicted octanol–water partition coefficient (Wildman–Crippen LogP) is 2.03. The van der Waals surface area contributed by atoms with E-state index in [-0.39, 0.29) is 42.8 Å². The second kappa shape index (κ2) is 12.2. The van der Waals surface area contributed by atoms with Gasteiger partial charge in [-0.3, -0.25) is 14.8 Å². The van der Waals surface area contributed by atoms with E-state index in [9.17, 15) is 18.0 Å². The normalized spacial score (nSPS) is 18.2. The SMILES string of the molecule is CCC(=O)N1CCC(c2nnc(CCCOc3ccc(S(=O)(=O)C4(C(=O)NO)CCOCC4)cc3)o2)CC1. The van der Waals surface area contributed by atoms with Gasteiger partial charge in [-0.2, -0.15) is 0 Å². The molecule has 208 valence electrons. The number of nitrogens with one attached hydrogen (secondary N) is 1. The van der Waals surface area contributed by atoms with Gasteiger partial charge in [0.2, 0.25) is 17.7 Å². The lowest BCUT2D eigenvalue weighted by molar-refractivity contribution is -0.134. The summed E-state index contributed by atoms with van der Waals surface area (Å²) in [5.41, 5.74) is 1.51. The molecule has 2 fully saturated rings. The Morgan fingerprint density at radius 3 is 2.47 bits per heavy atom. The van der Waals surface area contributed by atoms with E-state index in [2.05, 4.69) is 10.2 Å². The maximum Gasteiger partial charge on any atom is 0.265 e. The van der Waals surface area contributed by atoms with E-state index in [1.54, 1.807) is 0 Å². The summed E-state index contributed by atoms with van der Waals surface area (Å²) in [5.74, 6) is 0.994. The third-order valence-electron chi connectivity index (χ3n) is 7.25. The Hall–Kier alpha value is -3.03. The van der Waals surface area contributed by atoms with Crippen molar-refractivity contribution < 1.29 is 37.1 Å². The number of nitrogens with zero attached hydrogens (tertiary/aromatic N) is 3. The van der Waals surface area contributed by atoms with Crippen LogP contribution in [0.5, 0.6) is 5.75 Å². The number of hydrogen-bond acceptors (Lipinski definition) is 10. The first kappa shape index (κ1) is 28.0. The maximum atomic E-state index is 13.3. The molecule has 0 spiro atoms. The maximum absolute atomic E-state index is 13.3. The van der Waals surface area contributed by atoms with Crippen LogP contribution in [0, 0.1) is 0 Å². The van der Waals surface area contributed by atoms with E-state index in [1.165, 1.54) is 29.7 Å². The van der Waals surface area contributed by atoms with Gasteiger partial charge in [0.15, 0.2) is 14.6 Å². The Bertz CT molecular complexity index is 1200. The van der Waals surface area contributed by atoms with Gasteiger partial charge in [-0.25, -0.2) is 13.9 Å². The smallest absolute Gasteiger partial charge is 0.265 e. The molecule has 2 saturated heterocycles. The Labute approximate surface area is 221 Å². The predicted molar refractivity (Wildman–Crippen MR) is 133 cm³/mol. The lowest BCUT2D eigenvalue weighted by atomic mass is 9.96. The Morgan fingerprint density at radius 2 is 1.84 bits per heavy atom. The van der Waals surface area contributed by atoms with Crippen molar-refractivity contribution in [1.82, 2.24) is 20.6 Å². The van der Waals surface area contributed by atoms with E-state index in [4.69, 9.17) is 19.1 Å². The highest BCUT2D eigenvalue weighted by molar-refractivity contribution is 7.93. The number of hydrogen-bond donors (Lipinski definition) is 2. The summed E-state index contributed by atoms with van der Waals surface area (Å²) in [5, 5.41) is 17.5. The van der Waals surface area contributed by atoms with Crippen molar-refractivity contribution in [1.29, 1.82) is 0 Å². The first-order chi connectivity index (χ1) is 18.3. The number of amides is 2. The fourth-order valence-electron chi connectivity index (χ4n) is 4.91. The number of aryl methyl sites for hydroxylation is 1. The summed E-state index contributed by atoms with van der Waals surface area (Å²) in [6.45, 7) is 3.84. The molecule has 0 saturated carbocycles. The van der Waals surface area contributed by atoms with Crippen molar-refractivity contribution in [3.8, 4) is 5.75 Å². The molecule has 0 radical (unpaired) electrons. The summed E-state index contributed by atoms with van der Waals surface area (Å²) in [4.78, 5) is 26.1. The van der Waals surface area contributed by atoms with Crippen LogP contribution in [0.4, 0.5) is 0 Å². The number of hydroxylamine groups is 1. The molecule has 0 bridgehead atoms. The van der Waals surface area contributed by atoms with E-state index < -0.39 is 20.5 Å². The van der Waals surface area contributed by atoms with Crippen molar-refractivity contribution in [2.75, 3.05) is 32.9 Å². The minimum absolute atomic E-state index is 0.0290. The van der Waals surface area contributed by atoms with E-state index in [1.807, 2.05) is 11.8 Å². The molecule has 0 unspecified atom stereocenters. The number of likely N-dealkylation sites (tertiary alicyclic amines) is 1. The van der Waals surface area contributed by atoms with Gasteiger partial charge in [0, 0.05) is 45.1 Å². The molecule has 2 N–H and O–H groups in total. The van der Waals surface area contributed by atoms with E-state index in [0.29, 0.717) is 56.5 Å². The number of carbonyl (C=O) groups excluding carboxylic acids is 2. The minimum atomic E-state index is -4.08. The van der Waals surface area contributed by atoms with Gasteiger partial charge < -0.3 is 18.8 Å². The van der Waals surface area contributed by atoms with Gasteiger partial charge in [-0.15, -0.1) is 10.2 Å². The van der Waals surface area contributed by atoms with Gasteiger partial charge in [0.05, 0.1) is 11.5 Å². The van der Waals surface area contributed by atoms with E-state index in [0.717, 1.165) is 12.8 Å². The van der Waals surface area contributed by atoms with Crippen LogP contribution in [0.25, 0.3) is 0 Å². The van der Waals surface area contributed by atoms with Gasteiger partial charge in [-0.1, -0.05) is 6.92 Å². The number of aromatic nitrogens is 2. The Kier molecular flexibility index (Phi) is 9.00. The van der Waals surface area contributed by atoms with Crippen LogP contribution in [-0.4, -0.2) is 78.2 Å². The quantitative estimate of drug-likeness (QED) is 0.254.